The predicted octanol–water partition coefficient (Wildman–Crippen LogP) is 2.89. The summed E-state index contributed by atoms with van der Waals surface area (Å²) in [6.45, 7) is 5.57. The van der Waals surface area contributed by atoms with Crippen molar-refractivity contribution in [2.24, 2.45) is 5.92 Å². The minimum Gasteiger partial charge on any atom is -0.466 e. The molecule has 0 bridgehead atoms. The van der Waals surface area contributed by atoms with Crippen LogP contribution in [0.3, 0.4) is 0 Å². The first kappa shape index (κ1) is 14.5. The van der Waals surface area contributed by atoms with Gasteiger partial charge in [0, 0.05) is 12.5 Å². The van der Waals surface area contributed by atoms with Crippen LogP contribution in [0, 0.1) is 5.92 Å². The van der Waals surface area contributed by atoms with Gasteiger partial charge in [-0.25, -0.2) is 0 Å². The first-order valence-electron chi connectivity index (χ1n) is 7.15. The molecular formula is C14H27NO2. The average molecular weight is 241 g/mol. The highest BCUT2D eigenvalue weighted by Crippen LogP contribution is 2.26. The van der Waals surface area contributed by atoms with Gasteiger partial charge in [-0.1, -0.05) is 26.2 Å². The van der Waals surface area contributed by atoms with Crippen LogP contribution in [0.1, 0.15) is 58.8 Å². The Morgan fingerprint density at radius 2 is 2.18 bits per heavy atom. The van der Waals surface area contributed by atoms with Gasteiger partial charge >= 0.3 is 5.97 Å². The fourth-order valence-electron chi connectivity index (χ4n) is 2.62. The maximum absolute atomic E-state index is 11.1. The van der Waals surface area contributed by atoms with Crippen molar-refractivity contribution in [3.05, 3.63) is 0 Å². The molecule has 1 N–H and O–H groups in total. The molecule has 0 aromatic heterocycles. The smallest absolute Gasteiger partial charge is 0.305 e. The molecule has 17 heavy (non-hydrogen) atoms. The summed E-state index contributed by atoms with van der Waals surface area (Å²) in [5.41, 5.74) is 0. The molecule has 0 saturated heterocycles. The molecule has 0 aromatic rings. The second kappa shape index (κ2) is 8.51. The summed E-state index contributed by atoms with van der Waals surface area (Å²) in [7, 11) is 0. The molecule has 0 amide bonds. The fourth-order valence-corrected chi connectivity index (χ4v) is 2.62. The maximum Gasteiger partial charge on any atom is 0.305 e. The van der Waals surface area contributed by atoms with Gasteiger partial charge in [0.2, 0.25) is 0 Å². The number of esters is 1. The van der Waals surface area contributed by atoms with E-state index in [-0.39, 0.29) is 5.97 Å². The van der Waals surface area contributed by atoms with Crippen molar-refractivity contribution in [3.8, 4) is 0 Å². The molecule has 2 unspecified atom stereocenters. The van der Waals surface area contributed by atoms with Crippen molar-refractivity contribution in [1.82, 2.24) is 5.32 Å². The zero-order valence-corrected chi connectivity index (χ0v) is 11.3. The van der Waals surface area contributed by atoms with Crippen LogP contribution in [-0.4, -0.2) is 25.2 Å². The Bertz CT molecular complexity index is 218. The predicted molar refractivity (Wildman–Crippen MR) is 69.9 cm³/mol. The van der Waals surface area contributed by atoms with Crippen molar-refractivity contribution in [3.63, 3.8) is 0 Å². The van der Waals surface area contributed by atoms with Gasteiger partial charge in [0.05, 0.1) is 6.61 Å². The van der Waals surface area contributed by atoms with E-state index in [1.807, 2.05) is 6.92 Å². The summed E-state index contributed by atoms with van der Waals surface area (Å²) in [5, 5.41) is 3.58. The third kappa shape index (κ3) is 6.06. The zero-order chi connectivity index (χ0) is 12.5. The largest absolute Gasteiger partial charge is 0.466 e. The third-order valence-corrected chi connectivity index (χ3v) is 3.66. The van der Waals surface area contributed by atoms with Crippen LogP contribution in [0.5, 0.6) is 0 Å². The molecule has 0 spiro atoms. The molecule has 0 aliphatic heterocycles. The molecule has 3 nitrogen and oxygen atoms in total. The highest BCUT2D eigenvalue weighted by molar-refractivity contribution is 5.69. The minimum absolute atomic E-state index is 0.0654. The number of nitrogens with one attached hydrogen (secondary N) is 1. The number of carbonyl (C=O) groups is 1. The summed E-state index contributed by atoms with van der Waals surface area (Å²) in [5.74, 6) is 0.843. The Labute approximate surface area is 105 Å². The Morgan fingerprint density at radius 3 is 2.88 bits per heavy atom. The molecule has 1 saturated carbocycles. The lowest BCUT2D eigenvalue weighted by Crippen LogP contribution is -2.34. The molecule has 1 fully saturated rings. The van der Waals surface area contributed by atoms with E-state index >= 15 is 0 Å². The molecule has 1 aliphatic rings. The van der Waals surface area contributed by atoms with E-state index in [1.54, 1.807) is 0 Å². The van der Waals surface area contributed by atoms with Crippen LogP contribution in [0.25, 0.3) is 0 Å². The van der Waals surface area contributed by atoms with Crippen molar-refractivity contribution >= 4 is 5.97 Å². The van der Waals surface area contributed by atoms with E-state index in [9.17, 15) is 4.79 Å². The van der Waals surface area contributed by atoms with Crippen LogP contribution in [0.15, 0.2) is 0 Å². The quantitative estimate of drug-likeness (QED) is 0.550. The van der Waals surface area contributed by atoms with Crippen molar-refractivity contribution in [2.45, 2.75) is 64.8 Å². The third-order valence-electron chi connectivity index (χ3n) is 3.66. The van der Waals surface area contributed by atoms with Gasteiger partial charge in [0.25, 0.3) is 0 Å². The molecule has 1 aliphatic carbocycles. The second-order valence-electron chi connectivity index (χ2n) is 5.00. The van der Waals surface area contributed by atoms with E-state index in [1.165, 1.54) is 32.1 Å². The van der Waals surface area contributed by atoms with Gasteiger partial charge in [-0.15, -0.1) is 0 Å². The van der Waals surface area contributed by atoms with Gasteiger partial charge in [-0.05, 0) is 38.6 Å². The van der Waals surface area contributed by atoms with Crippen molar-refractivity contribution in [2.75, 3.05) is 13.2 Å². The number of hydrogen-bond donors (Lipinski definition) is 1. The molecule has 3 heteroatoms. The highest BCUT2D eigenvalue weighted by Gasteiger charge is 2.19. The van der Waals surface area contributed by atoms with Gasteiger partial charge < -0.3 is 10.1 Å². The summed E-state index contributed by atoms with van der Waals surface area (Å²) in [4.78, 5) is 11.1. The lowest BCUT2D eigenvalue weighted by atomic mass is 9.84. The zero-order valence-electron chi connectivity index (χ0n) is 11.3. The van der Waals surface area contributed by atoms with Crippen LogP contribution in [0.4, 0.5) is 0 Å². The number of ether oxygens (including phenoxy) is 1. The normalized spacial score (nSPS) is 24.6. The average Bonchev–Trinajstić information content (AvgIpc) is 2.35. The summed E-state index contributed by atoms with van der Waals surface area (Å²) in [6.07, 6.45) is 8.12. The van der Waals surface area contributed by atoms with E-state index in [4.69, 9.17) is 4.74 Å². The Kier molecular flexibility index (Phi) is 7.25. The second-order valence-corrected chi connectivity index (χ2v) is 5.00. The highest BCUT2D eigenvalue weighted by atomic mass is 16.5. The first-order chi connectivity index (χ1) is 8.26. The number of carbonyl (C=O) groups excluding carboxylic acids is 1. The molecule has 0 heterocycles. The van der Waals surface area contributed by atoms with Crippen LogP contribution < -0.4 is 5.32 Å². The molecular weight excluding hydrogens is 214 g/mol. The van der Waals surface area contributed by atoms with E-state index in [2.05, 4.69) is 12.2 Å². The van der Waals surface area contributed by atoms with Gasteiger partial charge in [-0.2, -0.15) is 0 Å². The Morgan fingerprint density at radius 1 is 1.35 bits per heavy atom. The first-order valence-corrected chi connectivity index (χ1v) is 7.15. The lowest BCUT2D eigenvalue weighted by Gasteiger charge is -2.29. The number of rotatable bonds is 7. The van der Waals surface area contributed by atoms with Crippen molar-refractivity contribution in [1.29, 1.82) is 0 Å². The molecule has 0 radical (unpaired) electrons. The van der Waals surface area contributed by atoms with E-state index in [0.717, 1.165) is 18.9 Å². The van der Waals surface area contributed by atoms with Crippen LogP contribution >= 0.6 is 0 Å². The van der Waals surface area contributed by atoms with Crippen LogP contribution in [-0.2, 0) is 9.53 Å². The minimum atomic E-state index is -0.0654. The van der Waals surface area contributed by atoms with Gasteiger partial charge in [-0.3, -0.25) is 4.79 Å². The van der Waals surface area contributed by atoms with E-state index < -0.39 is 0 Å². The van der Waals surface area contributed by atoms with E-state index in [0.29, 0.717) is 19.1 Å². The molecule has 2 atom stereocenters. The van der Waals surface area contributed by atoms with Gasteiger partial charge in [0.1, 0.15) is 0 Å². The number of hydrogen-bond acceptors (Lipinski definition) is 3. The molecule has 1 rings (SSSR count). The van der Waals surface area contributed by atoms with Crippen LogP contribution in [0.2, 0.25) is 0 Å². The fraction of sp³-hybridized carbons (Fsp3) is 0.929. The SMILES string of the molecule is CCOC(=O)CCCNC1CCCC(CC)C1. The molecule has 0 aromatic carbocycles. The summed E-state index contributed by atoms with van der Waals surface area (Å²) < 4.78 is 4.90. The van der Waals surface area contributed by atoms with Crippen molar-refractivity contribution < 1.29 is 9.53 Å². The topological polar surface area (TPSA) is 38.3 Å². The Balaban J connectivity index is 2.04. The van der Waals surface area contributed by atoms with Gasteiger partial charge in [0.15, 0.2) is 0 Å². The lowest BCUT2D eigenvalue weighted by molar-refractivity contribution is -0.143. The Hall–Kier alpha value is -0.570. The summed E-state index contributed by atoms with van der Waals surface area (Å²) >= 11 is 0. The monoisotopic (exact) mass is 241 g/mol. The standard InChI is InChI=1S/C14H27NO2/c1-3-12-7-5-8-13(11-12)15-10-6-9-14(16)17-4-2/h12-13,15H,3-11H2,1-2H3. The maximum atomic E-state index is 11.1. The molecule has 100 valence electrons. The summed E-state index contributed by atoms with van der Waals surface area (Å²) in [6, 6.07) is 0.677.